The van der Waals surface area contributed by atoms with E-state index in [1.807, 2.05) is 54.0 Å². The lowest BCUT2D eigenvalue weighted by Crippen LogP contribution is -2.87. The number of amides is 1. The van der Waals surface area contributed by atoms with Gasteiger partial charge >= 0.3 is 0 Å². The first-order valence-electron chi connectivity index (χ1n) is 9.23. The fraction of sp³-hybridized carbons (Fsp3) is 0.227. The lowest BCUT2D eigenvalue weighted by molar-refractivity contribution is -0.682. The number of benzene rings is 2. The molecule has 0 saturated carbocycles. The van der Waals surface area contributed by atoms with Crippen molar-refractivity contribution in [3.8, 4) is 5.75 Å². The zero-order valence-corrected chi connectivity index (χ0v) is 17.1. The largest absolute Gasteiger partial charge is 0.497 e. The van der Waals surface area contributed by atoms with E-state index in [4.69, 9.17) is 4.74 Å². The summed E-state index contributed by atoms with van der Waals surface area (Å²) >= 11 is 1.59. The number of anilines is 1. The maximum atomic E-state index is 13.5. The molecule has 0 bridgehead atoms. The van der Waals surface area contributed by atoms with Crippen LogP contribution in [-0.4, -0.2) is 19.6 Å². The predicted octanol–water partition coefficient (Wildman–Crippen LogP) is 3.89. The average Bonchev–Trinajstić information content (AvgIpc) is 3.25. The zero-order chi connectivity index (χ0) is 20.8. The molecule has 7 heteroatoms. The van der Waals surface area contributed by atoms with Crippen molar-refractivity contribution in [2.45, 2.75) is 19.5 Å². The highest BCUT2D eigenvalue weighted by molar-refractivity contribution is 7.09. The number of methoxy groups -OCH3 is 1. The van der Waals surface area contributed by atoms with Gasteiger partial charge in [-0.2, -0.15) is 0 Å². The second kappa shape index (κ2) is 9.62. The summed E-state index contributed by atoms with van der Waals surface area (Å²) in [6.45, 7) is 2.50. The molecule has 1 amide bonds. The molecule has 0 fully saturated rings. The van der Waals surface area contributed by atoms with E-state index in [1.54, 1.807) is 23.3 Å². The molecule has 0 radical (unpaired) electrons. The van der Waals surface area contributed by atoms with E-state index in [1.165, 1.54) is 12.1 Å². The third-order valence-corrected chi connectivity index (χ3v) is 5.56. The summed E-state index contributed by atoms with van der Waals surface area (Å²) in [5, 5.41) is 3.79. The van der Waals surface area contributed by atoms with E-state index in [0.717, 1.165) is 22.4 Å². The Morgan fingerprint density at radius 3 is 2.52 bits per heavy atom. The Kier molecular flexibility index (Phi) is 6.95. The van der Waals surface area contributed by atoms with Crippen molar-refractivity contribution in [3.63, 3.8) is 0 Å². The summed E-state index contributed by atoms with van der Waals surface area (Å²) in [5.41, 5.74) is 1.41. The molecule has 3 rings (SSSR count). The number of quaternary nitrogens is 1. The fourth-order valence-corrected chi connectivity index (χ4v) is 3.66. The quantitative estimate of drug-likeness (QED) is 0.604. The van der Waals surface area contributed by atoms with Crippen LogP contribution in [0.3, 0.4) is 0 Å². The normalized spacial score (nSPS) is 11.9. The Morgan fingerprint density at radius 1 is 1.14 bits per heavy atom. The number of carbonyl (C=O) groups excluding carboxylic acids is 1. The maximum absolute atomic E-state index is 13.5. The van der Waals surface area contributed by atoms with Crippen LogP contribution in [0.5, 0.6) is 5.75 Å². The van der Waals surface area contributed by atoms with E-state index >= 15 is 0 Å². The van der Waals surface area contributed by atoms with Gasteiger partial charge in [0.15, 0.2) is 18.2 Å². The van der Waals surface area contributed by atoms with Gasteiger partial charge in [0, 0.05) is 16.1 Å². The number of ether oxygens (including phenoxy) is 1. The van der Waals surface area contributed by atoms with Crippen LogP contribution in [-0.2, 0) is 11.3 Å². The van der Waals surface area contributed by atoms with Crippen LogP contribution in [0.2, 0.25) is 0 Å². The van der Waals surface area contributed by atoms with Gasteiger partial charge in [-0.05, 0) is 60.8 Å². The summed E-state index contributed by atoms with van der Waals surface area (Å²) in [6, 6.07) is 14.9. The first-order chi connectivity index (χ1) is 14.0. The van der Waals surface area contributed by atoms with Crippen molar-refractivity contribution in [2.75, 3.05) is 18.6 Å². The second-order valence-corrected chi connectivity index (χ2v) is 7.69. The van der Waals surface area contributed by atoms with Crippen LogP contribution in [0.25, 0.3) is 0 Å². The van der Waals surface area contributed by atoms with Gasteiger partial charge in [-0.3, -0.25) is 4.79 Å². The monoisotopic (exact) mass is 417 g/mol. The van der Waals surface area contributed by atoms with Gasteiger partial charge in [0.05, 0.1) is 13.7 Å². The molecule has 152 valence electrons. The fourth-order valence-electron chi connectivity index (χ4n) is 2.96. The molecule has 0 unspecified atom stereocenters. The van der Waals surface area contributed by atoms with Crippen LogP contribution in [0, 0.1) is 11.6 Å². The number of carbonyl (C=O) groups is 1. The minimum absolute atomic E-state index is 0.0713. The molecule has 1 heterocycles. The molecule has 2 N–H and O–H groups in total. The summed E-state index contributed by atoms with van der Waals surface area (Å²) in [6.07, 6.45) is 0. The molecule has 1 atom stereocenters. The molecule has 0 aliphatic heterocycles. The molecule has 3 aromatic rings. The van der Waals surface area contributed by atoms with Gasteiger partial charge in [0.2, 0.25) is 0 Å². The minimum atomic E-state index is -0.883. The topological polar surface area (TPSA) is 46.1 Å². The van der Waals surface area contributed by atoms with Crippen molar-refractivity contribution >= 4 is 22.9 Å². The van der Waals surface area contributed by atoms with E-state index in [-0.39, 0.29) is 18.5 Å². The van der Waals surface area contributed by atoms with E-state index in [0.29, 0.717) is 12.1 Å². The first kappa shape index (κ1) is 21.0. The Morgan fingerprint density at radius 2 is 1.90 bits per heavy atom. The van der Waals surface area contributed by atoms with Gasteiger partial charge in [-0.15, -0.1) is 11.3 Å². The number of hydrogen-bond acceptors (Lipinski definition) is 3. The molecule has 2 aromatic carbocycles. The third-order valence-electron chi connectivity index (χ3n) is 4.69. The van der Waals surface area contributed by atoms with Crippen molar-refractivity contribution in [1.82, 2.24) is 0 Å². The van der Waals surface area contributed by atoms with E-state index in [9.17, 15) is 13.6 Å². The van der Waals surface area contributed by atoms with Crippen LogP contribution < -0.4 is 15.0 Å². The van der Waals surface area contributed by atoms with Gasteiger partial charge in [0.1, 0.15) is 11.8 Å². The van der Waals surface area contributed by atoms with Crippen molar-refractivity contribution in [3.05, 3.63) is 82.1 Å². The van der Waals surface area contributed by atoms with Crippen molar-refractivity contribution < 1.29 is 23.6 Å². The number of nitrogens with two attached hydrogens (primary N) is 1. The highest BCUT2D eigenvalue weighted by atomic mass is 32.1. The predicted molar refractivity (Wildman–Crippen MR) is 110 cm³/mol. The molecular weight excluding hydrogens is 394 g/mol. The smallest absolute Gasteiger partial charge is 0.282 e. The molecule has 29 heavy (non-hydrogen) atoms. The molecule has 0 aliphatic carbocycles. The number of halogens is 2. The van der Waals surface area contributed by atoms with E-state index < -0.39 is 11.6 Å². The molecule has 1 aromatic heterocycles. The lowest BCUT2D eigenvalue weighted by atomic mass is 10.1. The van der Waals surface area contributed by atoms with Gasteiger partial charge in [0.25, 0.3) is 5.91 Å². The molecule has 0 aliphatic rings. The second-order valence-electron chi connectivity index (χ2n) is 6.66. The zero-order valence-electron chi connectivity index (χ0n) is 16.3. The standard InChI is InChI=1S/C22H22F2N2O2S/c1-15(16-5-10-20(23)21(24)12-16)25-13-22(27)26(14-19-4-3-11-29-19)17-6-8-18(28-2)9-7-17/h3-12,15,25H,13-14H2,1-2H3/p+1/t15-/m0/s1. The number of thiophene rings is 1. The number of hydrogen-bond donors (Lipinski definition) is 1. The Labute approximate surface area is 172 Å². The van der Waals surface area contributed by atoms with Crippen molar-refractivity contribution in [2.24, 2.45) is 0 Å². The molecular formula is C22H23F2N2O2S+. The highest BCUT2D eigenvalue weighted by Crippen LogP contribution is 2.23. The summed E-state index contributed by atoms with van der Waals surface area (Å²) in [4.78, 5) is 15.8. The SMILES string of the molecule is COc1ccc(N(Cc2cccs2)C(=O)C[NH2+][C@@H](C)c2ccc(F)c(F)c2)cc1. The summed E-state index contributed by atoms with van der Waals surface area (Å²) < 4.78 is 31.8. The van der Waals surface area contributed by atoms with Crippen LogP contribution >= 0.6 is 11.3 Å². The van der Waals surface area contributed by atoms with Crippen LogP contribution in [0.15, 0.2) is 60.0 Å². The van der Waals surface area contributed by atoms with E-state index in [2.05, 4.69) is 0 Å². The Balaban J connectivity index is 1.72. The first-order valence-corrected chi connectivity index (χ1v) is 10.1. The lowest BCUT2D eigenvalue weighted by Gasteiger charge is -2.22. The molecule has 0 saturated heterocycles. The van der Waals surface area contributed by atoms with Gasteiger partial charge < -0.3 is 15.0 Å². The summed E-state index contributed by atoms with van der Waals surface area (Å²) in [7, 11) is 1.60. The average molecular weight is 418 g/mol. The van der Waals surface area contributed by atoms with Gasteiger partial charge in [-0.1, -0.05) is 6.07 Å². The number of rotatable bonds is 8. The van der Waals surface area contributed by atoms with Crippen LogP contribution in [0.4, 0.5) is 14.5 Å². The Bertz CT molecular complexity index is 946. The minimum Gasteiger partial charge on any atom is -0.497 e. The molecule has 0 spiro atoms. The highest BCUT2D eigenvalue weighted by Gasteiger charge is 2.20. The summed E-state index contributed by atoms with van der Waals surface area (Å²) in [5.74, 6) is -1.11. The number of nitrogens with zero attached hydrogens (tertiary/aromatic N) is 1. The van der Waals surface area contributed by atoms with Crippen molar-refractivity contribution in [1.29, 1.82) is 0 Å². The molecule has 4 nitrogen and oxygen atoms in total. The third kappa shape index (κ3) is 5.40. The van der Waals surface area contributed by atoms with Gasteiger partial charge in [-0.25, -0.2) is 8.78 Å². The Hall–Kier alpha value is -2.77. The van der Waals surface area contributed by atoms with Crippen LogP contribution in [0.1, 0.15) is 23.4 Å². The maximum Gasteiger partial charge on any atom is 0.282 e.